The molecule has 0 bridgehead atoms. The minimum atomic E-state index is -0.717. The Labute approximate surface area is 148 Å². The summed E-state index contributed by atoms with van der Waals surface area (Å²) >= 11 is 11.9. The molecule has 3 rings (SSSR count). The van der Waals surface area contributed by atoms with Crippen LogP contribution in [0.15, 0.2) is 42.5 Å². The van der Waals surface area contributed by atoms with Crippen LogP contribution in [0.2, 0.25) is 10.0 Å². The molecule has 0 saturated carbocycles. The highest BCUT2D eigenvalue weighted by atomic mass is 35.5. The number of nitrogens with zero attached hydrogens (tertiary/aromatic N) is 1. The summed E-state index contributed by atoms with van der Waals surface area (Å²) in [6, 6.07) is 12.5. The van der Waals surface area contributed by atoms with E-state index in [0.29, 0.717) is 21.6 Å². The number of fused-ring (bicyclic) bond motifs is 1. The molecule has 1 atom stereocenters. The molecule has 3 aromatic rings. The van der Waals surface area contributed by atoms with Crippen molar-refractivity contribution in [2.45, 2.75) is 19.6 Å². The van der Waals surface area contributed by atoms with Crippen molar-refractivity contribution in [3.8, 4) is 5.75 Å². The van der Waals surface area contributed by atoms with E-state index in [1.54, 1.807) is 25.1 Å². The number of rotatable bonds is 5. The lowest BCUT2D eigenvalue weighted by Crippen LogP contribution is -2.36. The van der Waals surface area contributed by atoms with Crippen molar-refractivity contribution in [1.82, 2.24) is 15.3 Å². The lowest BCUT2D eigenvalue weighted by Gasteiger charge is -2.15. The second-order valence-electron chi connectivity index (χ2n) is 5.25. The van der Waals surface area contributed by atoms with Crippen LogP contribution in [0.5, 0.6) is 5.75 Å². The van der Waals surface area contributed by atoms with Crippen LogP contribution in [0.4, 0.5) is 0 Å². The SMILES string of the molecule is CC(Oc1cc(Cl)ccc1Cl)C(=O)NCc1nc2ccccc2[nH]1. The van der Waals surface area contributed by atoms with E-state index in [1.807, 2.05) is 24.3 Å². The van der Waals surface area contributed by atoms with E-state index < -0.39 is 6.10 Å². The minimum Gasteiger partial charge on any atom is -0.479 e. The molecule has 0 spiro atoms. The molecule has 0 radical (unpaired) electrons. The van der Waals surface area contributed by atoms with Gasteiger partial charge in [0.1, 0.15) is 11.6 Å². The normalized spacial score (nSPS) is 12.1. The van der Waals surface area contributed by atoms with Gasteiger partial charge >= 0.3 is 0 Å². The molecule has 1 heterocycles. The van der Waals surface area contributed by atoms with Gasteiger partial charge in [-0.05, 0) is 31.2 Å². The van der Waals surface area contributed by atoms with Crippen molar-refractivity contribution in [2.75, 3.05) is 0 Å². The Bertz CT molecular complexity index is 846. The van der Waals surface area contributed by atoms with Crippen LogP contribution >= 0.6 is 23.2 Å². The van der Waals surface area contributed by atoms with Gasteiger partial charge in [0.2, 0.25) is 0 Å². The Morgan fingerprint density at radius 3 is 2.88 bits per heavy atom. The first-order valence-corrected chi connectivity index (χ1v) is 8.11. The number of aromatic nitrogens is 2. The van der Waals surface area contributed by atoms with E-state index in [-0.39, 0.29) is 12.5 Å². The third kappa shape index (κ3) is 3.80. The van der Waals surface area contributed by atoms with Gasteiger partial charge in [-0.25, -0.2) is 4.98 Å². The second-order valence-corrected chi connectivity index (χ2v) is 6.10. The standard InChI is InChI=1S/C17H15Cl2N3O2/c1-10(24-15-8-11(18)6-7-12(15)19)17(23)20-9-16-21-13-4-2-3-5-14(13)22-16/h2-8,10H,9H2,1H3,(H,20,23)(H,21,22). The number of halogens is 2. The van der Waals surface area contributed by atoms with Gasteiger partial charge < -0.3 is 15.0 Å². The van der Waals surface area contributed by atoms with Crippen LogP contribution in [0.3, 0.4) is 0 Å². The zero-order valence-corrected chi connectivity index (χ0v) is 14.4. The lowest BCUT2D eigenvalue weighted by molar-refractivity contribution is -0.127. The molecular weight excluding hydrogens is 349 g/mol. The maximum absolute atomic E-state index is 12.2. The molecule has 0 aliphatic heterocycles. The number of hydrogen-bond acceptors (Lipinski definition) is 3. The Morgan fingerprint density at radius 1 is 1.29 bits per heavy atom. The second kappa shape index (κ2) is 7.11. The first-order chi connectivity index (χ1) is 11.5. The summed E-state index contributed by atoms with van der Waals surface area (Å²) in [4.78, 5) is 19.7. The van der Waals surface area contributed by atoms with Crippen LogP contribution in [0.1, 0.15) is 12.7 Å². The van der Waals surface area contributed by atoms with E-state index in [1.165, 1.54) is 0 Å². The molecule has 1 amide bonds. The van der Waals surface area contributed by atoms with Crippen LogP contribution in [-0.4, -0.2) is 22.0 Å². The number of H-pyrrole nitrogens is 1. The van der Waals surface area contributed by atoms with Crippen LogP contribution in [0, 0.1) is 0 Å². The fourth-order valence-electron chi connectivity index (χ4n) is 2.22. The molecular formula is C17H15Cl2N3O2. The molecule has 24 heavy (non-hydrogen) atoms. The van der Waals surface area contributed by atoms with Crippen molar-refractivity contribution >= 4 is 40.1 Å². The number of ether oxygens (including phenoxy) is 1. The van der Waals surface area contributed by atoms with Crippen molar-refractivity contribution in [3.05, 3.63) is 58.3 Å². The summed E-state index contributed by atoms with van der Waals surface area (Å²) in [5.74, 6) is 0.777. The number of carbonyl (C=O) groups excluding carboxylic acids is 1. The van der Waals surface area contributed by atoms with Crippen LogP contribution in [-0.2, 0) is 11.3 Å². The first kappa shape index (κ1) is 16.6. The minimum absolute atomic E-state index is 0.272. The van der Waals surface area contributed by atoms with E-state index in [0.717, 1.165) is 11.0 Å². The highest BCUT2D eigenvalue weighted by Crippen LogP contribution is 2.28. The third-order valence-corrected chi connectivity index (χ3v) is 3.98. The van der Waals surface area contributed by atoms with Crippen molar-refractivity contribution < 1.29 is 9.53 Å². The van der Waals surface area contributed by atoms with Gasteiger partial charge in [-0.3, -0.25) is 4.79 Å². The fourth-order valence-corrected chi connectivity index (χ4v) is 2.54. The summed E-state index contributed by atoms with van der Waals surface area (Å²) in [5.41, 5.74) is 1.79. The average molecular weight is 364 g/mol. The lowest BCUT2D eigenvalue weighted by atomic mass is 10.3. The molecule has 5 nitrogen and oxygen atoms in total. The quantitative estimate of drug-likeness (QED) is 0.720. The van der Waals surface area contributed by atoms with E-state index in [9.17, 15) is 4.79 Å². The maximum atomic E-state index is 12.2. The molecule has 1 unspecified atom stereocenters. The molecule has 0 aliphatic carbocycles. The molecule has 7 heteroatoms. The van der Waals surface area contributed by atoms with E-state index >= 15 is 0 Å². The number of hydrogen-bond donors (Lipinski definition) is 2. The van der Waals surface area contributed by atoms with Gasteiger partial charge in [0.05, 0.1) is 22.6 Å². The Hall–Kier alpha value is -2.24. The van der Waals surface area contributed by atoms with Crippen LogP contribution < -0.4 is 10.1 Å². The number of aromatic amines is 1. The summed E-state index contributed by atoms with van der Waals surface area (Å²) < 4.78 is 5.58. The summed E-state index contributed by atoms with van der Waals surface area (Å²) in [6.07, 6.45) is -0.717. The smallest absolute Gasteiger partial charge is 0.261 e. The summed E-state index contributed by atoms with van der Waals surface area (Å²) in [6.45, 7) is 1.93. The third-order valence-electron chi connectivity index (χ3n) is 3.43. The number of imidazole rings is 1. The zero-order valence-electron chi connectivity index (χ0n) is 12.8. The van der Waals surface area contributed by atoms with Gasteiger partial charge in [0.15, 0.2) is 6.10 Å². The molecule has 2 aromatic carbocycles. The van der Waals surface area contributed by atoms with Crippen molar-refractivity contribution in [3.63, 3.8) is 0 Å². The predicted octanol–water partition coefficient (Wildman–Crippen LogP) is 3.95. The summed E-state index contributed by atoms with van der Waals surface area (Å²) in [7, 11) is 0. The average Bonchev–Trinajstić information content (AvgIpc) is 2.98. The number of para-hydroxylation sites is 2. The molecule has 2 N–H and O–H groups in total. The number of carbonyl (C=O) groups is 1. The Morgan fingerprint density at radius 2 is 2.08 bits per heavy atom. The highest BCUT2D eigenvalue weighted by molar-refractivity contribution is 6.34. The number of benzene rings is 2. The monoisotopic (exact) mass is 363 g/mol. The molecule has 1 aromatic heterocycles. The van der Waals surface area contributed by atoms with Gasteiger partial charge in [0.25, 0.3) is 5.91 Å². The van der Waals surface area contributed by atoms with Crippen molar-refractivity contribution in [2.24, 2.45) is 0 Å². The van der Waals surface area contributed by atoms with Crippen molar-refractivity contribution in [1.29, 1.82) is 0 Å². The summed E-state index contributed by atoms with van der Waals surface area (Å²) in [5, 5.41) is 3.67. The maximum Gasteiger partial charge on any atom is 0.261 e. The van der Waals surface area contributed by atoms with Crippen LogP contribution in [0.25, 0.3) is 11.0 Å². The van der Waals surface area contributed by atoms with E-state index in [4.69, 9.17) is 27.9 Å². The zero-order chi connectivity index (χ0) is 17.1. The topological polar surface area (TPSA) is 67.0 Å². The predicted molar refractivity (Wildman–Crippen MR) is 94.5 cm³/mol. The van der Waals surface area contributed by atoms with E-state index in [2.05, 4.69) is 15.3 Å². The Balaban J connectivity index is 1.60. The first-order valence-electron chi connectivity index (χ1n) is 7.36. The molecule has 0 aliphatic rings. The number of amides is 1. The van der Waals surface area contributed by atoms with Gasteiger partial charge in [-0.2, -0.15) is 0 Å². The van der Waals surface area contributed by atoms with Gasteiger partial charge in [-0.1, -0.05) is 35.3 Å². The number of nitrogens with one attached hydrogen (secondary N) is 2. The fraction of sp³-hybridized carbons (Fsp3) is 0.176. The Kier molecular flexibility index (Phi) is 4.92. The molecule has 0 fully saturated rings. The highest BCUT2D eigenvalue weighted by Gasteiger charge is 2.16. The largest absolute Gasteiger partial charge is 0.479 e. The molecule has 0 saturated heterocycles. The van der Waals surface area contributed by atoms with Gasteiger partial charge in [0, 0.05) is 11.1 Å². The molecule has 124 valence electrons. The van der Waals surface area contributed by atoms with Gasteiger partial charge in [-0.15, -0.1) is 0 Å².